The Kier molecular flexibility index (Phi) is 7.02. The minimum absolute atomic E-state index is 0.102. The minimum atomic E-state index is -3.80. The minimum Gasteiger partial charge on any atom is -0.497 e. The van der Waals surface area contributed by atoms with E-state index in [-0.39, 0.29) is 9.79 Å². The molecule has 0 heterocycles. The van der Waals surface area contributed by atoms with Crippen molar-refractivity contribution in [3.63, 3.8) is 0 Å². The van der Waals surface area contributed by atoms with Crippen LogP contribution in [0.3, 0.4) is 0 Å². The highest BCUT2D eigenvalue weighted by molar-refractivity contribution is 7.90. The monoisotopic (exact) mass is 454 g/mol. The lowest BCUT2D eigenvalue weighted by atomic mass is 9.92. The topological polar surface area (TPSA) is 111 Å². The van der Waals surface area contributed by atoms with Crippen molar-refractivity contribution in [2.45, 2.75) is 47.6 Å². The maximum Gasteiger partial charge on any atom is 0.240 e. The summed E-state index contributed by atoms with van der Waals surface area (Å²) in [5.74, 6) is 1.11. The second kappa shape index (κ2) is 9.34. The molecule has 0 aromatic heterocycles. The maximum atomic E-state index is 12.8. The quantitative estimate of drug-likeness (QED) is 0.633. The number of rotatable bonds is 8. The van der Waals surface area contributed by atoms with E-state index in [1.54, 1.807) is 24.3 Å². The van der Waals surface area contributed by atoms with Gasteiger partial charge >= 0.3 is 0 Å². The third-order valence-electron chi connectivity index (χ3n) is 5.12. The molecule has 2 N–H and O–H groups in total. The number of nitrogens with one attached hydrogen (secondary N) is 2. The van der Waals surface area contributed by atoms with Gasteiger partial charge in [-0.25, -0.2) is 26.3 Å². The van der Waals surface area contributed by atoms with Crippen molar-refractivity contribution in [3.8, 4) is 11.5 Å². The van der Waals surface area contributed by atoms with Crippen molar-refractivity contribution in [2.75, 3.05) is 14.2 Å². The largest absolute Gasteiger partial charge is 0.497 e. The van der Waals surface area contributed by atoms with Gasteiger partial charge in [-0.05, 0) is 61.4 Å². The van der Waals surface area contributed by atoms with Crippen LogP contribution in [0.1, 0.15) is 25.7 Å². The van der Waals surface area contributed by atoms with Crippen LogP contribution >= 0.6 is 0 Å². The average molecular weight is 455 g/mol. The van der Waals surface area contributed by atoms with Gasteiger partial charge in [-0.15, -0.1) is 0 Å². The van der Waals surface area contributed by atoms with Crippen molar-refractivity contribution in [3.05, 3.63) is 48.5 Å². The summed E-state index contributed by atoms with van der Waals surface area (Å²) in [5.41, 5.74) is 0. The zero-order chi connectivity index (χ0) is 21.8. The molecule has 1 aliphatic carbocycles. The first-order chi connectivity index (χ1) is 14.2. The third-order valence-corrected chi connectivity index (χ3v) is 8.13. The van der Waals surface area contributed by atoms with E-state index < -0.39 is 32.1 Å². The molecule has 10 heteroatoms. The van der Waals surface area contributed by atoms with Crippen molar-refractivity contribution in [1.29, 1.82) is 0 Å². The number of sulfonamides is 2. The molecule has 0 radical (unpaired) electrons. The van der Waals surface area contributed by atoms with E-state index in [1.807, 2.05) is 0 Å². The van der Waals surface area contributed by atoms with Crippen molar-refractivity contribution >= 4 is 20.0 Å². The summed E-state index contributed by atoms with van der Waals surface area (Å²) in [5, 5.41) is 0. The fourth-order valence-corrected chi connectivity index (χ4v) is 6.08. The van der Waals surface area contributed by atoms with E-state index in [2.05, 4.69) is 9.44 Å². The van der Waals surface area contributed by atoms with Crippen LogP contribution in [0, 0.1) is 0 Å². The van der Waals surface area contributed by atoms with E-state index in [0.29, 0.717) is 24.3 Å². The molecule has 0 spiro atoms. The predicted molar refractivity (Wildman–Crippen MR) is 113 cm³/mol. The molecule has 2 atom stereocenters. The van der Waals surface area contributed by atoms with Gasteiger partial charge in [0.2, 0.25) is 20.0 Å². The van der Waals surface area contributed by atoms with E-state index in [9.17, 15) is 16.8 Å². The molecule has 0 saturated heterocycles. The summed E-state index contributed by atoms with van der Waals surface area (Å²) in [6.45, 7) is 0. The van der Waals surface area contributed by atoms with Gasteiger partial charge in [-0.3, -0.25) is 0 Å². The first-order valence-electron chi connectivity index (χ1n) is 9.58. The Hall–Kier alpha value is -2.14. The maximum absolute atomic E-state index is 12.8. The van der Waals surface area contributed by atoms with Crippen LogP contribution in [0.4, 0.5) is 0 Å². The molecule has 3 rings (SSSR count). The second-order valence-electron chi connectivity index (χ2n) is 7.09. The number of hydrogen-bond donors (Lipinski definition) is 2. The normalized spacial score (nSPS) is 19.9. The first-order valence-corrected chi connectivity index (χ1v) is 12.5. The van der Waals surface area contributed by atoms with Crippen molar-refractivity contribution < 1.29 is 26.3 Å². The molecular formula is C20H26N2O6S2. The number of ether oxygens (including phenoxy) is 2. The van der Waals surface area contributed by atoms with Crippen LogP contribution in [0.5, 0.6) is 11.5 Å². The van der Waals surface area contributed by atoms with Crippen LogP contribution in [0.25, 0.3) is 0 Å². The van der Waals surface area contributed by atoms with E-state index >= 15 is 0 Å². The lowest BCUT2D eigenvalue weighted by molar-refractivity contribution is 0.340. The summed E-state index contributed by atoms with van der Waals surface area (Å²) >= 11 is 0. The Labute approximate surface area is 177 Å². The molecule has 30 heavy (non-hydrogen) atoms. The summed E-state index contributed by atoms with van der Waals surface area (Å²) < 4.78 is 66.7. The number of benzene rings is 2. The second-order valence-corrected chi connectivity index (χ2v) is 10.5. The van der Waals surface area contributed by atoms with E-state index in [1.165, 1.54) is 38.5 Å². The van der Waals surface area contributed by atoms with Crippen LogP contribution in [-0.4, -0.2) is 43.1 Å². The molecule has 164 valence electrons. The average Bonchev–Trinajstić information content (AvgIpc) is 2.75. The van der Waals surface area contributed by atoms with Gasteiger partial charge in [0.15, 0.2) is 0 Å². The van der Waals surface area contributed by atoms with Crippen LogP contribution < -0.4 is 18.9 Å². The van der Waals surface area contributed by atoms with Gasteiger partial charge in [0.05, 0.1) is 24.0 Å². The van der Waals surface area contributed by atoms with E-state index in [4.69, 9.17) is 9.47 Å². The Bertz CT molecular complexity index is 964. The lowest BCUT2D eigenvalue weighted by Gasteiger charge is -2.32. The highest BCUT2D eigenvalue weighted by Crippen LogP contribution is 2.24. The van der Waals surface area contributed by atoms with E-state index in [0.717, 1.165) is 12.8 Å². The highest BCUT2D eigenvalue weighted by atomic mass is 32.2. The van der Waals surface area contributed by atoms with Gasteiger partial charge < -0.3 is 9.47 Å². The summed E-state index contributed by atoms with van der Waals surface area (Å²) in [4.78, 5) is 0.205. The lowest BCUT2D eigenvalue weighted by Crippen LogP contribution is -2.52. The Balaban J connectivity index is 1.76. The standard InChI is InChI=1S/C20H26N2O6S2/c1-27-15-7-11-17(12-8-15)29(23,24)21-19-5-3-4-6-20(19)22-30(25,26)18-13-9-16(28-2)10-14-18/h7-14,19-22H,3-6H2,1-2H3/t19-,20-/m1/s1. The Morgan fingerprint density at radius 1 is 0.667 bits per heavy atom. The Morgan fingerprint density at radius 3 is 1.30 bits per heavy atom. The zero-order valence-corrected chi connectivity index (χ0v) is 18.5. The van der Waals surface area contributed by atoms with Gasteiger partial charge in [0.1, 0.15) is 11.5 Å². The smallest absolute Gasteiger partial charge is 0.240 e. The van der Waals surface area contributed by atoms with Crippen LogP contribution in [0.15, 0.2) is 58.3 Å². The summed E-state index contributed by atoms with van der Waals surface area (Å²) in [7, 11) is -4.60. The molecule has 1 fully saturated rings. The fraction of sp³-hybridized carbons (Fsp3) is 0.400. The zero-order valence-electron chi connectivity index (χ0n) is 16.9. The van der Waals surface area contributed by atoms with Gasteiger partial charge in [0.25, 0.3) is 0 Å². The predicted octanol–water partition coefficient (Wildman–Crippen LogP) is 2.27. The van der Waals surface area contributed by atoms with Crippen molar-refractivity contribution in [1.82, 2.24) is 9.44 Å². The fourth-order valence-electron chi connectivity index (χ4n) is 3.46. The molecular weight excluding hydrogens is 428 g/mol. The van der Waals surface area contributed by atoms with Crippen LogP contribution in [-0.2, 0) is 20.0 Å². The Morgan fingerprint density at radius 2 is 1.00 bits per heavy atom. The molecule has 0 amide bonds. The van der Waals surface area contributed by atoms with Gasteiger partial charge in [-0.2, -0.15) is 0 Å². The molecule has 2 aromatic carbocycles. The molecule has 8 nitrogen and oxygen atoms in total. The molecule has 1 saturated carbocycles. The van der Waals surface area contributed by atoms with Gasteiger partial charge in [-0.1, -0.05) is 12.8 Å². The number of methoxy groups -OCH3 is 2. The summed E-state index contributed by atoms with van der Waals surface area (Å²) in [6.07, 6.45) is 2.73. The molecule has 0 unspecified atom stereocenters. The SMILES string of the molecule is COc1ccc(S(=O)(=O)N[C@@H]2CCCC[C@H]2NS(=O)(=O)c2ccc(OC)cc2)cc1. The van der Waals surface area contributed by atoms with Crippen LogP contribution in [0.2, 0.25) is 0 Å². The van der Waals surface area contributed by atoms with Gasteiger partial charge in [0, 0.05) is 12.1 Å². The molecule has 2 aromatic rings. The highest BCUT2D eigenvalue weighted by Gasteiger charge is 2.32. The molecule has 0 bridgehead atoms. The molecule has 0 aliphatic heterocycles. The molecule has 1 aliphatic rings. The third kappa shape index (κ3) is 5.31. The first kappa shape index (κ1) is 22.5. The number of hydrogen-bond acceptors (Lipinski definition) is 6. The van der Waals surface area contributed by atoms with Crippen molar-refractivity contribution in [2.24, 2.45) is 0 Å². The summed E-state index contributed by atoms with van der Waals surface area (Å²) in [6, 6.07) is 11.0.